The van der Waals surface area contributed by atoms with Crippen LogP contribution in [0.5, 0.6) is 0 Å². The van der Waals surface area contributed by atoms with Crippen molar-refractivity contribution in [3.63, 3.8) is 0 Å². The van der Waals surface area contributed by atoms with Gasteiger partial charge in [-0.1, -0.05) is 11.6 Å². The number of halogens is 2. The van der Waals surface area contributed by atoms with Gasteiger partial charge in [0.05, 0.1) is 10.7 Å². The zero-order chi connectivity index (χ0) is 19.8. The van der Waals surface area contributed by atoms with Gasteiger partial charge in [-0.25, -0.2) is 4.39 Å². The summed E-state index contributed by atoms with van der Waals surface area (Å²) in [6, 6.07) is 7.28. The Morgan fingerprint density at radius 3 is 2.36 bits per heavy atom. The molecule has 28 heavy (non-hydrogen) atoms. The van der Waals surface area contributed by atoms with Crippen LogP contribution in [-0.4, -0.2) is 24.3 Å². The standard InChI is InChI=1S/C20H17ClFN3O3/c21-15-10-13(4-5-16(15)22)23-19(27)20(28)24-14-8-11-2-1-7-25-17(26)6-3-12(9-14)18(11)25/h4-5,8-10H,1-3,6-7H2,(H,23,27)(H,24,28). The molecule has 6 nitrogen and oxygen atoms in total. The van der Waals surface area contributed by atoms with Crippen molar-refractivity contribution in [2.45, 2.75) is 25.7 Å². The molecule has 0 atom stereocenters. The number of carbonyl (C=O) groups excluding carboxylic acids is 3. The number of anilines is 3. The van der Waals surface area contributed by atoms with Crippen LogP contribution in [0.4, 0.5) is 21.5 Å². The van der Waals surface area contributed by atoms with Crippen molar-refractivity contribution in [1.29, 1.82) is 0 Å². The number of hydrogen-bond donors (Lipinski definition) is 2. The van der Waals surface area contributed by atoms with Crippen LogP contribution in [0.15, 0.2) is 30.3 Å². The number of rotatable bonds is 2. The third-order valence-corrected chi connectivity index (χ3v) is 5.21. The average molecular weight is 402 g/mol. The highest BCUT2D eigenvalue weighted by molar-refractivity contribution is 6.43. The molecule has 8 heteroatoms. The summed E-state index contributed by atoms with van der Waals surface area (Å²) in [6.07, 6.45) is 2.73. The van der Waals surface area contributed by atoms with Crippen molar-refractivity contribution < 1.29 is 18.8 Å². The van der Waals surface area contributed by atoms with Gasteiger partial charge in [0.25, 0.3) is 0 Å². The topological polar surface area (TPSA) is 78.5 Å². The van der Waals surface area contributed by atoms with Crippen molar-refractivity contribution in [3.05, 3.63) is 52.3 Å². The Hall–Kier alpha value is -2.93. The van der Waals surface area contributed by atoms with Gasteiger partial charge in [-0.15, -0.1) is 0 Å². The highest BCUT2D eigenvalue weighted by Gasteiger charge is 2.30. The molecule has 2 aliphatic heterocycles. The molecule has 0 unspecified atom stereocenters. The molecule has 3 amide bonds. The minimum absolute atomic E-state index is 0.127. The minimum Gasteiger partial charge on any atom is -0.318 e. The van der Waals surface area contributed by atoms with E-state index in [1.165, 1.54) is 12.1 Å². The molecule has 0 bridgehead atoms. The van der Waals surface area contributed by atoms with Gasteiger partial charge in [0, 0.05) is 24.3 Å². The quantitative estimate of drug-likeness (QED) is 0.758. The lowest BCUT2D eigenvalue weighted by molar-refractivity contribution is -0.133. The second kappa shape index (κ2) is 7.24. The molecule has 0 radical (unpaired) electrons. The monoisotopic (exact) mass is 401 g/mol. The highest BCUT2D eigenvalue weighted by atomic mass is 35.5. The number of carbonyl (C=O) groups is 3. The molecule has 0 aliphatic carbocycles. The van der Waals surface area contributed by atoms with Gasteiger partial charge in [0.2, 0.25) is 5.91 Å². The van der Waals surface area contributed by atoms with Crippen molar-refractivity contribution >= 4 is 46.4 Å². The number of hydrogen-bond acceptors (Lipinski definition) is 3. The van der Waals surface area contributed by atoms with Crippen molar-refractivity contribution in [2.75, 3.05) is 22.1 Å². The lowest BCUT2D eigenvalue weighted by atomic mass is 9.91. The Bertz CT molecular complexity index is 991. The van der Waals surface area contributed by atoms with Crippen LogP contribution in [0.2, 0.25) is 5.02 Å². The third kappa shape index (κ3) is 3.45. The zero-order valence-electron chi connectivity index (χ0n) is 14.9. The lowest BCUT2D eigenvalue weighted by Gasteiger charge is -2.35. The Morgan fingerprint density at radius 2 is 1.64 bits per heavy atom. The average Bonchev–Trinajstić information content (AvgIpc) is 2.67. The summed E-state index contributed by atoms with van der Waals surface area (Å²) in [5.41, 5.74) is 3.69. The van der Waals surface area contributed by atoms with E-state index in [1.54, 1.807) is 0 Å². The van der Waals surface area contributed by atoms with Gasteiger partial charge >= 0.3 is 11.8 Å². The molecule has 0 fully saturated rings. The third-order valence-electron chi connectivity index (χ3n) is 4.92. The van der Waals surface area contributed by atoms with E-state index in [-0.39, 0.29) is 16.6 Å². The van der Waals surface area contributed by atoms with Gasteiger partial charge in [0.1, 0.15) is 5.82 Å². The summed E-state index contributed by atoms with van der Waals surface area (Å²) in [5, 5.41) is 4.84. The number of nitrogens with one attached hydrogen (secondary N) is 2. The van der Waals surface area contributed by atoms with Crippen LogP contribution >= 0.6 is 11.6 Å². The minimum atomic E-state index is -0.883. The number of amides is 3. The maximum atomic E-state index is 13.2. The Balaban J connectivity index is 1.51. The first kappa shape index (κ1) is 18.4. The Kier molecular flexibility index (Phi) is 4.77. The van der Waals surface area contributed by atoms with Gasteiger partial charge in [-0.3, -0.25) is 14.4 Å². The van der Waals surface area contributed by atoms with Gasteiger partial charge in [0.15, 0.2) is 0 Å². The predicted octanol–water partition coefficient (Wildman–Crippen LogP) is 3.28. The van der Waals surface area contributed by atoms with Gasteiger partial charge < -0.3 is 15.5 Å². The van der Waals surface area contributed by atoms with E-state index < -0.39 is 17.6 Å². The van der Waals surface area contributed by atoms with Gasteiger partial charge in [-0.2, -0.15) is 0 Å². The van der Waals surface area contributed by atoms with E-state index >= 15 is 0 Å². The van der Waals surface area contributed by atoms with Crippen LogP contribution in [0.25, 0.3) is 0 Å². The fraction of sp³-hybridized carbons (Fsp3) is 0.250. The van der Waals surface area contributed by atoms with E-state index in [1.807, 2.05) is 17.0 Å². The fourth-order valence-corrected chi connectivity index (χ4v) is 3.86. The molecule has 2 aromatic carbocycles. The summed E-state index contributed by atoms with van der Waals surface area (Å²) in [7, 11) is 0. The van der Waals surface area contributed by atoms with E-state index in [9.17, 15) is 18.8 Å². The fourth-order valence-electron chi connectivity index (χ4n) is 3.68. The molecule has 0 aromatic heterocycles. The summed E-state index contributed by atoms with van der Waals surface area (Å²) >= 11 is 5.68. The van der Waals surface area contributed by atoms with Crippen LogP contribution in [0.3, 0.4) is 0 Å². The summed E-state index contributed by atoms with van der Waals surface area (Å²) in [6.45, 7) is 0.715. The van der Waals surface area contributed by atoms with Crippen LogP contribution in [-0.2, 0) is 27.2 Å². The van der Waals surface area contributed by atoms with Gasteiger partial charge in [-0.05, 0) is 60.7 Å². The number of benzene rings is 2. The summed E-state index contributed by atoms with van der Waals surface area (Å²) in [4.78, 5) is 38.4. The Labute approximate surface area is 165 Å². The lowest BCUT2D eigenvalue weighted by Crippen LogP contribution is -2.39. The maximum absolute atomic E-state index is 13.2. The zero-order valence-corrected chi connectivity index (χ0v) is 15.6. The van der Waals surface area contributed by atoms with Crippen molar-refractivity contribution in [1.82, 2.24) is 0 Å². The molecule has 2 aromatic rings. The Morgan fingerprint density at radius 1 is 0.964 bits per heavy atom. The summed E-state index contributed by atoms with van der Waals surface area (Å²) in [5.74, 6) is -2.21. The van der Waals surface area contributed by atoms with Crippen molar-refractivity contribution in [2.24, 2.45) is 0 Å². The molecular weight excluding hydrogens is 385 g/mol. The SMILES string of the molecule is O=C(Nc1ccc(F)c(Cl)c1)C(=O)Nc1cc2c3c(c1)CCC(=O)N3CCC2. The van der Waals surface area contributed by atoms with Crippen LogP contribution < -0.4 is 15.5 Å². The molecule has 2 N–H and O–H groups in total. The molecule has 144 valence electrons. The first-order valence-corrected chi connectivity index (χ1v) is 9.34. The molecule has 0 saturated heterocycles. The second-order valence-corrected chi connectivity index (χ2v) is 7.24. The summed E-state index contributed by atoms with van der Waals surface area (Å²) < 4.78 is 13.2. The molecule has 0 saturated carbocycles. The first-order valence-electron chi connectivity index (χ1n) is 8.96. The highest BCUT2D eigenvalue weighted by Crippen LogP contribution is 2.37. The van der Waals surface area contributed by atoms with E-state index in [2.05, 4.69) is 10.6 Å². The van der Waals surface area contributed by atoms with Crippen LogP contribution in [0, 0.1) is 5.82 Å². The normalized spacial score (nSPS) is 15.1. The predicted molar refractivity (Wildman–Crippen MR) is 104 cm³/mol. The van der Waals surface area contributed by atoms with Crippen LogP contribution in [0.1, 0.15) is 24.0 Å². The molecule has 2 aliphatic rings. The number of aryl methyl sites for hydroxylation is 2. The first-order chi connectivity index (χ1) is 13.4. The number of nitrogens with zero attached hydrogens (tertiary/aromatic N) is 1. The second-order valence-electron chi connectivity index (χ2n) is 6.83. The maximum Gasteiger partial charge on any atom is 0.314 e. The van der Waals surface area contributed by atoms with E-state index in [0.717, 1.165) is 35.7 Å². The molecule has 0 spiro atoms. The molecule has 2 heterocycles. The van der Waals surface area contributed by atoms with E-state index in [4.69, 9.17) is 11.6 Å². The molecular formula is C20H17ClFN3O3. The molecule has 4 rings (SSSR count). The van der Waals surface area contributed by atoms with E-state index in [0.29, 0.717) is 25.1 Å². The smallest absolute Gasteiger partial charge is 0.314 e. The van der Waals surface area contributed by atoms with Crippen molar-refractivity contribution in [3.8, 4) is 0 Å². The largest absolute Gasteiger partial charge is 0.318 e.